The molecule has 2 heteroatoms. The van der Waals surface area contributed by atoms with Crippen LogP contribution in [0.1, 0.15) is 29.2 Å². The highest BCUT2D eigenvalue weighted by Gasteiger charge is 2.02. The maximum Gasteiger partial charge on any atom is 0.124 e. The van der Waals surface area contributed by atoms with Gasteiger partial charge < -0.3 is 4.74 Å². The summed E-state index contributed by atoms with van der Waals surface area (Å²) in [5.41, 5.74) is 4.14. The molecule has 0 heterocycles. The number of aryl methyl sites for hydroxylation is 2. The molecule has 0 aliphatic carbocycles. The molecule has 0 unspecified atom stereocenters. The molecule has 0 fully saturated rings. The number of hydrogen-bond donors (Lipinski definition) is 0. The van der Waals surface area contributed by atoms with E-state index in [2.05, 4.69) is 37.3 Å². The molecule has 0 amide bonds. The molecule has 0 aliphatic heterocycles. The van der Waals surface area contributed by atoms with Crippen LogP contribution in [0.15, 0.2) is 42.5 Å². The molecular weight excluding hydrogens is 234 g/mol. The van der Waals surface area contributed by atoms with Crippen molar-refractivity contribution in [3.05, 3.63) is 64.7 Å². The van der Waals surface area contributed by atoms with Crippen molar-refractivity contribution in [2.24, 2.45) is 0 Å². The van der Waals surface area contributed by atoms with Crippen LogP contribution in [-0.2, 0) is 13.0 Å². The summed E-state index contributed by atoms with van der Waals surface area (Å²) in [5, 5.41) is 8.89. The van der Waals surface area contributed by atoms with E-state index in [1.54, 1.807) is 12.1 Å². The summed E-state index contributed by atoms with van der Waals surface area (Å²) < 4.78 is 5.79. The van der Waals surface area contributed by atoms with E-state index in [1.165, 1.54) is 5.56 Å². The summed E-state index contributed by atoms with van der Waals surface area (Å²) in [6.07, 6.45) is 1.05. The van der Waals surface area contributed by atoms with Crippen LogP contribution in [0.4, 0.5) is 0 Å². The van der Waals surface area contributed by atoms with Crippen LogP contribution in [0.5, 0.6) is 5.75 Å². The number of nitrogens with zero attached hydrogens (tertiary/aromatic N) is 1. The third-order valence-electron chi connectivity index (χ3n) is 3.14. The first kappa shape index (κ1) is 13.2. The lowest BCUT2D eigenvalue weighted by molar-refractivity contribution is 0.304. The Morgan fingerprint density at radius 1 is 1.05 bits per heavy atom. The second-order valence-corrected chi connectivity index (χ2v) is 4.55. The normalized spacial score (nSPS) is 9.95. The maximum atomic E-state index is 8.89. The summed E-state index contributed by atoms with van der Waals surface area (Å²) in [6.45, 7) is 4.65. The van der Waals surface area contributed by atoms with Gasteiger partial charge in [-0.3, -0.25) is 0 Å². The van der Waals surface area contributed by atoms with Gasteiger partial charge in [-0.15, -0.1) is 0 Å². The molecule has 2 aromatic rings. The fraction of sp³-hybridized carbons (Fsp3) is 0.235. The number of ether oxygens (including phenoxy) is 1. The van der Waals surface area contributed by atoms with Crippen LogP contribution in [0.2, 0.25) is 0 Å². The van der Waals surface area contributed by atoms with E-state index in [4.69, 9.17) is 10.00 Å². The summed E-state index contributed by atoms with van der Waals surface area (Å²) in [6, 6.07) is 16.0. The second kappa shape index (κ2) is 6.06. The van der Waals surface area contributed by atoms with E-state index in [-0.39, 0.29) is 0 Å². The summed E-state index contributed by atoms with van der Waals surface area (Å²) >= 11 is 0. The van der Waals surface area contributed by atoms with Gasteiger partial charge in [0.05, 0.1) is 11.6 Å². The van der Waals surface area contributed by atoms with E-state index in [9.17, 15) is 0 Å². The van der Waals surface area contributed by atoms with E-state index < -0.39 is 0 Å². The number of nitriles is 1. The van der Waals surface area contributed by atoms with E-state index >= 15 is 0 Å². The molecule has 2 nitrogen and oxygen atoms in total. The fourth-order valence-electron chi connectivity index (χ4n) is 1.86. The topological polar surface area (TPSA) is 33.0 Å². The molecule has 0 atom stereocenters. The minimum absolute atomic E-state index is 0.527. The van der Waals surface area contributed by atoms with Crippen LogP contribution >= 0.6 is 0 Å². The lowest BCUT2D eigenvalue weighted by atomic mass is 10.1. The Morgan fingerprint density at radius 2 is 1.74 bits per heavy atom. The molecule has 0 aromatic heterocycles. The lowest BCUT2D eigenvalue weighted by Crippen LogP contribution is -1.97. The Kier molecular flexibility index (Phi) is 4.20. The Hall–Kier alpha value is -2.27. The highest BCUT2D eigenvalue weighted by molar-refractivity contribution is 5.41. The molecule has 0 spiro atoms. The lowest BCUT2D eigenvalue weighted by Gasteiger charge is -2.09. The molecule has 2 rings (SSSR count). The van der Waals surface area contributed by atoms with Gasteiger partial charge >= 0.3 is 0 Å². The van der Waals surface area contributed by atoms with Crippen LogP contribution in [0.3, 0.4) is 0 Å². The number of hydrogen-bond acceptors (Lipinski definition) is 2. The van der Waals surface area contributed by atoms with Gasteiger partial charge in [0.1, 0.15) is 12.4 Å². The van der Waals surface area contributed by atoms with Gasteiger partial charge in [-0.05, 0) is 42.2 Å². The van der Waals surface area contributed by atoms with Crippen molar-refractivity contribution < 1.29 is 4.74 Å². The molecule has 0 radical (unpaired) electrons. The van der Waals surface area contributed by atoms with Crippen LogP contribution in [0, 0.1) is 18.3 Å². The Labute approximate surface area is 114 Å². The maximum absolute atomic E-state index is 8.89. The van der Waals surface area contributed by atoms with Crippen molar-refractivity contribution in [2.75, 3.05) is 0 Å². The average molecular weight is 251 g/mol. The smallest absolute Gasteiger partial charge is 0.124 e. The van der Waals surface area contributed by atoms with Gasteiger partial charge in [-0.2, -0.15) is 5.26 Å². The Morgan fingerprint density at radius 3 is 2.37 bits per heavy atom. The number of rotatable bonds is 4. The van der Waals surface area contributed by atoms with Gasteiger partial charge in [0.15, 0.2) is 0 Å². The zero-order valence-corrected chi connectivity index (χ0v) is 11.3. The van der Waals surface area contributed by atoms with Crippen LogP contribution in [0.25, 0.3) is 0 Å². The van der Waals surface area contributed by atoms with Crippen molar-refractivity contribution >= 4 is 0 Å². The predicted molar refractivity (Wildman–Crippen MR) is 76.0 cm³/mol. The third-order valence-corrected chi connectivity index (χ3v) is 3.14. The first-order valence-electron chi connectivity index (χ1n) is 6.44. The van der Waals surface area contributed by atoms with E-state index in [0.717, 1.165) is 23.3 Å². The summed E-state index contributed by atoms with van der Waals surface area (Å²) in [4.78, 5) is 0. The van der Waals surface area contributed by atoms with Gasteiger partial charge in [0.25, 0.3) is 0 Å². The van der Waals surface area contributed by atoms with E-state index in [0.29, 0.717) is 12.2 Å². The predicted octanol–water partition coefficient (Wildman–Crippen LogP) is 4.01. The highest BCUT2D eigenvalue weighted by Crippen LogP contribution is 2.20. The molecule has 0 bridgehead atoms. The Balaban J connectivity index is 2.07. The van der Waals surface area contributed by atoms with Crippen molar-refractivity contribution in [1.82, 2.24) is 0 Å². The standard InChI is InChI=1S/C17H17NO/c1-3-14-6-8-15(9-7-14)12-19-17-10-16(11-18)5-4-13(17)2/h4-10H,3,12H2,1-2H3. The van der Waals surface area contributed by atoms with Crippen LogP contribution < -0.4 is 4.74 Å². The average Bonchev–Trinajstić information content (AvgIpc) is 2.47. The molecule has 96 valence electrons. The van der Waals surface area contributed by atoms with Gasteiger partial charge in [0.2, 0.25) is 0 Å². The third kappa shape index (κ3) is 3.35. The SMILES string of the molecule is CCc1ccc(COc2cc(C#N)ccc2C)cc1. The molecule has 0 saturated carbocycles. The van der Waals surface area contributed by atoms with E-state index in [1.807, 2.05) is 13.0 Å². The second-order valence-electron chi connectivity index (χ2n) is 4.55. The zero-order chi connectivity index (χ0) is 13.7. The van der Waals surface area contributed by atoms with Crippen LogP contribution in [-0.4, -0.2) is 0 Å². The van der Waals surface area contributed by atoms with Crippen molar-refractivity contribution in [1.29, 1.82) is 5.26 Å². The Bertz CT molecular complexity index is 594. The van der Waals surface area contributed by atoms with Gasteiger partial charge in [-0.25, -0.2) is 0 Å². The molecular formula is C17H17NO. The monoisotopic (exact) mass is 251 g/mol. The zero-order valence-electron chi connectivity index (χ0n) is 11.3. The quantitative estimate of drug-likeness (QED) is 0.822. The minimum Gasteiger partial charge on any atom is -0.489 e. The van der Waals surface area contributed by atoms with Crippen molar-refractivity contribution in [3.8, 4) is 11.8 Å². The largest absolute Gasteiger partial charge is 0.489 e. The first-order chi connectivity index (χ1) is 9.22. The summed E-state index contributed by atoms with van der Waals surface area (Å²) in [5.74, 6) is 0.776. The van der Waals surface area contributed by atoms with Gasteiger partial charge in [0, 0.05) is 0 Å². The molecule has 0 aliphatic rings. The first-order valence-corrected chi connectivity index (χ1v) is 6.44. The molecule has 2 aromatic carbocycles. The fourth-order valence-corrected chi connectivity index (χ4v) is 1.86. The molecule has 0 N–H and O–H groups in total. The van der Waals surface area contributed by atoms with Gasteiger partial charge in [-0.1, -0.05) is 37.3 Å². The number of benzene rings is 2. The van der Waals surface area contributed by atoms with Crippen molar-refractivity contribution in [2.45, 2.75) is 26.9 Å². The minimum atomic E-state index is 0.527. The molecule has 0 saturated heterocycles. The molecule has 19 heavy (non-hydrogen) atoms. The van der Waals surface area contributed by atoms with Crippen molar-refractivity contribution in [3.63, 3.8) is 0 Å². The highest BCUT2D eigenvalue weighted by atomic mass is 16.5. The summed E-state index contributed by atoms with van der Waals surface area (Å²) in [7, 11) is 0.